The van der Waals surface area contributed by atoms with Crippen LogP contribution in [0.15, 0.2) is 42.9 Å². The molecule has 0 atom stereocenters. The van der Waals surface area contributed by atoms with Crippen LogP contribution in [-0.4, -0.2) is 38.6 Å². The number of rotatable bonds is 4. The van der Waals surface area contributed by atoms with Crippen molar-refractivity contribution in [1.29, 1.82) is 0 Å². The van der Waals surface area contributed by atoms with Crippen LogP contribution in [0.4, 0.5) is 33.9 Å². The van der Waals surface area contributed by atoms with E-state index >= 15 is 4.39 Å². The minimum absolute atomic E-state index is 0.134. The van der Waals surface area contributed by atoms with E-state index in [0.717, 1.165) is 6.07 Å². The van der Waals surface area contributed by atoms with Gasteiger partial charge in [-0.3, -0.25) is 4.90 Å². The Morgan fingerprint density at radius 2 is 1.74 bits per heavy atom. The van der Waals surface area contributed by atoms with Gasteiger partial charge in [-0.2, -0.15) is 0 Å². The van der Waals surface area contributed by atoms with Crippen molar-refractivity contribution in [2.75, 3.05) is 23.7 Å². The summed E-state index contributed by atoms with van der Waals surface area (Å²) in [6.45, 7) is -0.138. The Morgan fingerprint density at radius 1 is 0.971 bits per heavy atom. The molecule has 1 fully saturated rings. The van der Waals surface area contributed by atoms with E-state index in [1.54, 1.807) is 23.9 Å². The Bertz CT molecular complexity index is 1450. The maximum atomic E-state index is 15.2. The highest BCUT2D eigenvalue weighted by molar-refractivity contribution is 6.01. The highest BCUT2D eigenvalue weighted by atomic mass is 19.2. The van der Waals surface area contributed by atoms with Gasteiger partial charge in [-0.1, -0.05) is 0 Å². The molecular weight excluding hydrogens is 452 g/mol. The van der Waals surface area contributed by atoms with Crippen LogP contribution in [0.2, 0.25) is 0 Å². The van der Waals surface area contributed by atoms with E-state index in [4.69, 9.17) is 5.73 Å². The third kappa shape index (κ3) is 3.40. The average molecular weight is 470 g/mol. The van der Waals surface area contributed by atoms with E-state index in [2.05, 4.69) is 9.97 Å². The molecule has 0 spiro atoms. The molecule has 0 aliphatic carbocycles. The number of hydrogen-bond donors (Lipinski definition) is 1. The van der Waals surface area contributed by atoms with Crippen molar-refractivity contribution in [1.82, 2.24) is 19.4 Å². The van der Waals surface area contributed by atoms with E-state index in [1.807, 2.05) is 0 Å². The first-order chi connectivity index (χ1) is 16.3. The molecule has 34 heavy (non-hydrogen) atoms. The molecule has 2 aromatic carbocycles. The minimum Gasteiger partial charge on any atom is -0.383 e. The number of nitrogens with zero attached hydrogens (tertiary/aromatic N) is 5. The molecule has 1 aliphatic rings. The first kappa shape index (κ1) is 21.7. The van der Waals surface area contributed by atoms with E-state index in [9.17, 15) is 18.0 Å². The van der Waals surface area contributed by atoms with Gasteiger partial charge in [-0.25, -0.2) is 32.3 Å². The molecule has 0 radical (unpaired) electrons. The molecule has 2 aromatic heterocycles. The molecule has 7 nitrogen and oxygen atoms in total. The fourth-order valence-corrected chi connectivity index (χ4v) is 4.20. The Morgan fingerprint density at radius 3 is 2.50 bits per heavy atom. The van der Waals surface area contributed by atoms with E-state index in [1.165, 1.54) is 28.3 Å². The van der Waals surface area contributed by atoms with Gasteiger partial charge in [0.2, 0.25) is 0 Å². The van der Waals surface area contributed by atoms with E-state index in [0.29, 0.717) is 22.7 Å². The molecule has 5 rings (SSSR count). The quantitative estimate of drug-likeness (QED) is 0.358. The third-order valence-electron chi connectivity index (χ3n) is 5.92. The lowest BCUT2D eigenvalue weighted by Crippen LogP contribution is -2.32. The van der Waals surface area contributed by atoms with Gasteiger partial charge >= 0.3 is 6.03 Å². The zero-order valence-corrected chi connectivity index (χ0v) is 17.9. The Kier molecular flexibility index (Phi) is 5.11. The van der Waals surface area contributed by atoms with Crippen LogP contribution in [0, 0.1) is 23.3 Å². The number of carbonyl (C=O) groups is 1. The first-order valence-corrected chi connectivity index (χ1v) is 10.3. The highest BCUT2D eigenvalue weighted by Gasteiger charge is 2.32. The standard InChI is InChI=1S/C23H18F4N6O/c1-31-9-14(19-21(28)29-11-30-22(19)31)13-3-2-12(8-18(13)26)33-7-6-32(23(33)34)10-15-16(24)4-5-17(25)20(15)27/h2-5,8-9,11H,6-7,10H2,1H3,(H2,28,29,30). The Balaban J connectivity index is 1.43. The number of halogens is 4. The Hall–Kier alpha value is -4.15. The molecule has 2 amide bonds. The lowest BCUT2D eigenvalue weighted by atomic mass is 10.0. The molecule has 174 valence electrons. The molecular formula is C23H18F4N6O. The fraction of sp³-hybridized carbons (Fsp3) is 0.174. The second-order valence-corrected chi connectivity index (χ2v) is 7.95. The van der Waals surface area contributed by atoms with Crippen LogP contribution in [0.25, 0.3) is 22.2 Å². The summed E-state index contributed by atoms with van der Waals surface area (Å²) in [5.74, 6) is -3.86. The van der Waals surface area contributed by atoms with Crippen LogP contribution < -0.4 is 10.6 Å². The summed E-state index contributed by atoms with van der Waals surface area (Å²) in [5, 5.41) is 0.513. The van der Waals surface area contributed by atoms with Crippen LogP contribution in [0.1, 0.15) is 5.56 Å². The summed E-state index contributed by atoms with van der Waals surface area (Å²) < 4.78 is 58.4. The number of nitrogen functional groups attached to an aromatic ring is 1. The third-order valence-corrected chi connectivity index (χ3v) is 5.92. The number of nitrogens with two attached hydrogens (primary N) is 1. The van der Waals surface area contributed by atoms with Gasteiger partial charge in [-0.05, 0) is 30.3 Å². The number of fused-ring (bicyclic) bond motifs is 1. The van der Waals surface area contributed by atoms with E-state index < -0.39 is 41.4 Å². The normalized spacial score (nSPS) is 14.0. The smallest absolute Gasteiger partial charge is 0.324 e. The summed E-state index contributed by atoms with van der Waals surface area (Å²) >= 11 is 0. The predicted octanol–water partition coefficient (Wildman–Crippen LogP) is 4.22. The van der Waals surface area contributed by atoms with Crippen molar-refractivity contribution in [3.05, 3.63) is 71.7 Å². The van der Waals surface area contributed by atoms with Crippen LogP contribution >= 0.6 is 0 Å². The Labute approximate surface area is 191 Å². The summed E-state index contributed by atoms with van der Waals surface area (Å²) in [4.78, 5) is 23.5. The SMILES string of the molecule is Cn1cc(-c2ccc(N3CCN(Cc4c(F)ccc(F)c4F)C3=O)cc2F)c2c(N)ncnc21. The number of benzene rings is 2. The predicted molar refractivity (Wildman–Crippen MR) is 118 cm³/mol. The number of aromatic nitrogens is 3. The van der Waals surface area contributed by atoms with Gasteiger partial charge in [0.05, 0.1) is 11.9 Å². The summed E-state index contributed by atoms with van der Waals surface area (Å²) in [5.41, 5.74) is 7.04. The second kappa shape index (κ2) is 8.01. The van der Waals surface area contributed by atoms with Gasteiger partial charge in [0.25, 0.3) is 0 Å². The lowest BCUT2D eigenvalue weighted by molar-refractivity contribution is 0.217. The number of aryl methyl sites for hydroxylation is 1. The molecule has 1 saturated heterocycles. The van der Waals surface area contributed by atoms with Crippen molar-refractivity contribution >= 4 is 28.6 Å². The van der Waals surface area contributed by atoms with Crippen molar-refractivity contribution in [3.8, 4) is 11.1 Å². The molecule has 4 aromatic rings. The van der Waals surface area contributed by atoms with Crippen LogP contribution in [-0.2, 0) is 13.6 Å². The average Bonchev–Trinajstić information content (AvgIpc) is 3.34. The van der Waals surface area contributed by atoms with Gasteiger partial charge in [0.15, 0.2) is 11.6 Å². The van der Waals surface area contributed by atoms with Gasteiger partial charge in [0.1, 0.15) is 29.4 Å². The molecule has 3 heterocycles. The molecule has 1 aliphatic heterocycles. The molecule has 11 heteroatoms. The topological polar surface area (TPSA) is 80.3 Å². The van der Waals surface area contributed by atoms with Gasteiger partial charge in [0, 0.05) is 48.7 Å². The lowest BCUT2D eigenvalue weighted by Gasteiger charge is -2.20. The van der Waals surface area contributed by atoms with Crippen molar-refractivity contribution in [2.24, 2.45) is 7.05 Å². The number of amides is 2. The monoisotopic (exact) mass is 470 g/mol. The maximum Gasteiger partial charge on any atom is 0.324 e. The molecule has 2 N–H and O–H groups in total. The summed E-state index contributed by atoms with van der Waals surface area (Å²) in [7, 11) is 1.76. The zero-order valence-electron chi connectivity index (χ0n) is 17.9. The maximum absolute atomic E-state index is 15.2. The second-order valence-electron chi connectivity index (χ2n) is 7.95. The van der Waals surface area contributed by atoms with Crippen LogP contribution in [0.3, 0.4) is 0 Å². The highest BCUT2D eigenvalue weighted by Crippen LogP contribution is 2.35. The summed E-state index contributed by atoms with van der Waals surface area (Å²) in [6, 6.07) is 5.23. The van der Waals surface area contributed by atoms with Gasteiger partial charge in [-0.15, -0.1) is 0 Å². The van der Waals surface area contributed by atoms with E-state index in [-0.39, 0.29) is 30.2 Å². The van der Waals surface area contributed by atoms with Crippen molar-refractivity contribution in [2.45, 2.75) is 6.54 Å². The molecule has 0 saturated carbocycles. The number of carbonyl (C=O) groups excluding carboxylic acids is 1. The minimum atomic E-state index is -1.33. The zero-order chi connectivity index (χ0) is 24.1. The largest absolute Gasteiger partial charge is 0.383 e. The number of hydrogen-bond acceptors (Lipinski definition) is 4. The molecule has 0 bridgehead atoms. The molecule has 0 unspecified atom stereocenters. The summed E-state index contributed by atoms with van der Waals surface area (Å²) in [6.07, 6.45) is 3.02. The number of anilines is 2. The fourth-order valence-electron chi connectivity index (χ4n) is 4.20. The first-order valence-electron chi connectivity index (χ1n) is 10.3. The van der Waals surface area contributed by atoms with Crippen LogP contribution in [0.5, 0.6) is 0 Å². The number of urea groups is 1. The van der Waals surface area contributed by atoms with Crippen molar-refractivity contribution in [3.63, 3.8) is 0 Å². The van der Waals surface area contributed by atoms with Crippen molar-refractivity contribution < 1.29 is 22.4 Å². The van der Waals surface area contributed by atoms with Gasteiger partial charge < -0.3 is 15.2 Å².